The van der Waals surface area contributed by atoms with E-state index in [1.807, 2.05) is 35.2 Å². The predicted octanol–water partition coefficient (Wildman–Crippen LogP) is 2.05. The molecule has 182 valence electrons. The van der Waals surface area contributed by atoms with E-state index in [2.05, 4.69) is 25.2 Å². The molecule has 0 N–H and O–H groups in total. The Labute approximate surface area is 206 Å². The van der Waals surface area contributed by atoms with E-state index in [4.69, 9.17) is 0 Å². The van der Waals surface area contributed by atoms with Gasteiger partial charge < -0.3 is 14.7 Å². The third-order valence-electron chi connectivity index (χ3n) is 6.70. The molecule has 2 fully saturated rings. The quantitative estimate of drug-likeness (QED) is 0.435. The first-order valence-corrected chi connectivity index (χ1v) is 11.8. The van der Waals surface area contributed by atoms with Crippen LogP contribution in [-0.4, -0.2) is 74.4 Å². The fraction of sp³-hybridized carbons (Fsp3) is 0.280. The van der Waals surface area contributed by atoms with E-state index in [1.54, 1.807) is 17.0 Å². The maximum Gasteiger partial charge on any atom is 0.228 e. The second-order valence-corrected chi connectivity index (χ2v) is 8.90. The van der Waals surface area contributed by atoms with Gasteiger partial charge in [0.25, 0.3) is 0 Å². The number of halogens is 1. The molecule has 2 aromatic carbocycles. The monoisotopic (exact) mass is 486 g/mol. The summed E-state index contributed by atoms with van der Waals surface area (Å²) < 4.78 is 15.2. The molecule has 0 saturated carbocycles. The standard InChI is InChI=1S/C25H23FN8O2/c26-18-5-4-8-20(14-18)34-24-22(29-30-34)23(27-16-28-24)31-9-11-32(12-10-31)25(36)17-13-21(35)33(15-17)19-6-2-1-3-7-19/h1-8,14,16-17H,9-13,15H2. The van der Waals surface area contributed by atoms with Gasteiger partial charge >= 0.3 is 0 Å². The van der Waals surface area contributed by atoms with Gasteiger partial charge in [-0.25, -0.2) is 14.4 Å². The van der Waals surface area contributed by atoms with Crippen molar-refractivity contribution in [1.82, 2.24) is 29.9 Å². The number of para-hydroxylation sites is 1. The highest BCUT2D eigenvalue weighted by atomic mass is 19.1. The number of anilines is 2. The van der Waals surface area contributed by atoms with Crippen LogP contribution in [0.15, 0.2) is 60.9 Å². The molecule has 11 heteroatoms. The van der Waals surface area contributed by atoms with E-state index < -0.39 is 0 Å². The Morgan fingerprint density at radius 1 is 0.944 bits per heavy atom. The van der Waals surface area contributed by atoms with Crippen molar-refractivity contribution >= 4 is 34.5 Å². The minimum atomic E-state index is -0.373. The number of nitrogens with zero attached hydrogens (tertiary/aromatic N) is 8. The molecule has 1 unspecified atom stereocenters. The van der Waals surface area contributed by atoms with Gasteiger partial charge in [-0.05, 0) is 30.3 Å². The fourth-order valence-corrected chi connectivity index (χ4v) is 4.88. The van der Waals surface area contributed by atoms with Gasteiger partial charge in [-0.2, -0.15) is 4.68 Å². The minimum Gasteiger partial charge on any atom is -0.351 e. The molecule has 4 aromatic rings. The van der Waals surface area contributed by atoms with Crippen molar-refractivity contribution in [2.75, 3.05) is 42.5 Å². The van der Waals surface area contributed by atoms with Gasteiger partial charge in [0.1, 0.15) is 12.1 Å². The third kappa shape index (κ3) is 3.92. The first-order valence-electron chi connectivity index (χ1n) is 11.8. The molecule has 2 saturated heterocycles. The first-order chi connectivity index (χ1) is 17.6. The maximum absolute atomic E-state index is 13.7. The van der Waals surface area contributed by atoms with E-state index in [9.17, 15) is 14.0 Å². The lowest BCUT2D eigenvalue weighted by Crippen LogP contribution is -2.51. The minimum absolute atomic E-state index is 0.00585. The molecule has 1 atom stereocenters. The third-order valence-corrected chi connectivity index (χ3v) is 6.70. The average Bonchev–Trinajstić information content (AvgIpc) is 3.53. The largest absolute Gasteiger partial charge is 0.351 e. The van der Waals surface area contributed by atoms with Crippen LogP contribution in [0.4, 0.5) is 15.9 Å². The van der Waals surface area contributed by atoms with Crippen LogP contribution < -0.4 is 9.80 Å². The van der Waals surface area contributed by atoms with Crippen LogP contribution in [0.3, 0.4) is 0 Å². The average molecular weight is 487 g/mol. The number of hydrogen-bond acceptors (Lipinski definition) is 7. The van der Waals surface area contributed by atoms with E-state index in [0.29, 0.717) is 55.4 Å². The Bertz CT molecular complexity index is 1430. The SMILES string of the molecule is O=C(C1CC(=O)N(c2ccccc2)C1)N1CCN(c2ncnc3c2nnn3-c2cccc(F)c2)CC1. The predicted molar refractivity (Wildman–Crippen MR) is 130 cm³/mol. The molecular formula is C25H23FN8O2. The molecule has 4 heterocycles. The number of carbonyl (C=O) groups excluding carboxylic acids is 2. The molecule has 2 aliphatic heterocycles. The smallest absolute Gasteiger partial charge is 0.228 e. The van der Waals surface area contributed by atoms with E-state index in [-0.39, 0.29) is 30.0 Å². The summed E-state index contributed by atoms with van der Waals surface area (Å²) >= 11 is 0. The van der Waals surface area contributed by atoms with Crippen LogP contribution in [0, 0.1) is 11.7 Å². The Morgan fingerprint density at radius 2 is 1.72 bits per heavy atom. The van der Waals surface area contributed by atoms with Crippen LogP contribution in [0.2, 0.25) is 0 Å². The summed E-state index contributed by atoms with van der Waals surface area (Å²) in [5.74, 6) is -0.112. The van der Waals surface area contributed by atoms with Gasteiger partial charge in [0, 0.05) is 44.8 Å². The van der Waals surface area contributed by atoms with Gasteiger partial charge in [-0.1, -0.05) is 29.5 Å². The molecule has 0 aliphatic carbocycles. The van der Waals surface area contributed by atoms with E-state index in [1.165, 1.54) is 23.1 Å². The second-order valence-electron chi connectivity index (χ2n) is 8.90. The van der Waals surface area contributed by atoms with Crippen molar-refractivity contribution in [2.45, 2.75) is 6.42 Å². The Balaban J connectivity index is 1.15. The van der Waals surface area contributed by atoms with Gasteiger partial charge in [-0.15, -0.1) is 5.10 Å². The summed E-state index contributed by atoms with van der Waals surface area (Å²) in [7, 11) is 0. The lowest BCUT2D eigenvalue weighted by atomic mass is 10.1. The zero-order valence-corrected chi connectivity index (χ0v) is 19.4. The summed E-state index contributed by atoms with van der Waals surface area (Å²) in [4.78, 5) is 40.1. The Hall–Kier alpha value is -4.41. The van der Waals surface area contributed by atoms with Crippen molar-refractivity contribution in [3.05, 3.63) is 66.7 Å². The fourth-order valence-electron chi connectivity index (χ4n) is 4.88. The van der Waals surface area contributed by atoms with Crippen LogP contribution in [0.25, 0.3) is 16.9 Å². The molecule has 6 rings (SSSR count). The van der Waals surface area contributed by atoms with Gasteiger partial charge in [0.2, 0.25) is 11.8 Å². The second kappa shape index (κ2) is 8.99. The highest BCUT2D eigenvalue weighted by Crippen LogP contribution is 2.28. The number of rotatable bonds is 4. The Morgan fingerprint density at radius 3 is 2.50 bits per heavy atom. The number of amides is 2. The molecule has 2 aromatic heterocycles. The van der Waals surface area contributed by atoms with Crippen molar-refractivity contribution in [2.24, 2.45) is 5.92 Å². The van der Waals surface area contributed by atoms with Gasteiger partial charge in [-0.3, -0.25) is 9.59 Å². The van der Waals surface area contributed by atoms with Crippen LogP contribution in [0.5, 0.6) is 0 Å². The Kier molecular flexibility index (Phi) is 5.51. The molecule has 0 radical (unpaired) electrons. The summed E-state index contributed by atoms with van der Waals surface area (Å²) in [5.41, 5.74) is 2.34. The molecule has 10 nitrogen and oxygen atoms in total. The zero-order valence-electron chi connectivity index (χ0n) is 19.4. The van der Waals surface area contributed by atoms with E-state index >= 15 is 0 Å². The van der Waals surface area contributed by atoms with Crippen molar-refractivity contribution < 1.29 is 14.0 Å². The van der Waals surface area contributed by atoms with E-state index in [0.717, 1.165) is 5.69 Å². The molecule has 2 aliphatic rings. The maximum atomic E-state index is 13.7. The van der Waals surface area contributed by atoms with Crippen molar-refractivity contribution in [1.29, 1.82) is 0 Å². The summed E-state index contributed by atoms with van der Waals surface area (Å²) in [5, 5.41) is 8.43. The molecule has 0 spiro atoms. The number of aromatic nitrogens is 5. The lowest BCUT2D eigenvalue weighted by molar-refractivity contribution is -0.136. The number of piperazine rings is 1. The number of carbonyl (C=O) groups is 2. The van der Waals surface area contributed by atoms with Crippen molar-refractivity contribution in [3.63, 3.8) is 0 Å². The molecular weight excluding hydrogens is 463 g/mol. The van der Waals surface area contributed by atoms with Gasteiger partial charge in [0.05, 0.1) is 11.6 Å². The number of fused-ring (bicyclic) bond motifs is 1. The van der Waals surface area contributed by atoms with Crippen molar-refractivity contribution in [3.8, 4) is 5.69 Å². The van der Waals surface area contributed by atoms with Crippen LogP contribution in [-0.2, 0) is 9.59 Å². The summed E-state index contributed by atoms with van der Waals surface area (Å²) in [6.45, 7) is 2.55. The molecule has 2 amide bonds. The van der Waals surface area contributed by atoms with Crippen LogP contribution in [0.1, 0.15) is 6.42 Å². The normalized spacial score (nSPS) is 18.3. The molecule has 0 bridgehead atoms. The highest BCUT2D eigenvalue weighted by Gasteiger charge is 2.38. The van der Waals surface area contributed by atoms with Crippen LogP contribution >= 0.6 is 0 Å². The summed E-state index contributed by atoms with van der Waals surface area (Å²) in [6.07, 6.45) is 1.67. The molecule has 36 heavy (non-hydrogen) atoms. The summed E-state index contributed by atoms with van der Waals surface area (Å²) in [6, 6.07) is 15.5. The topological polar surface area (TPSA) is 100 Å². The zero-order chi connectivity index (χ0) is 24.6. The van der Waals surface area contributed by atoms with Gasteiger partial charge in [0.15, 0.2) is 17.0 Å². The highest BCUT2D eigenvalue weighted by molar-refractivity contribution is 6.00. The number of hydrogen-bond donors (Lipinski definition) is 0. The first kappa shape index (κ1) is 22.1. The lowest BCUT2D eigenvalue weighted by Gasteiger charge is -2.36. The number of benzene rings is 2.